The standard InChI is InChI=1S/C15H15F2NOS/c1-2-19-14-6-4-12(18)7-10(14)9-20-15-8-11(16)3-5-13(15)17/h3-8H,2,9,18H2,1H3. The second kappa shape index (κ2) is 6.61. The van der Waals surface area contributed by atoms with Gasteiger partial charge in [-0.2, -0.15) is 0 Å². The van der Waals surface area contributed by atoms with E-state index < -0.39 is 11.6 Å². The van der Waals surface area contributed by atoms with E-state index in [9.17, 15) is 8.78 Å². The van der Waals surface area contributed by atoms with Gasteiger partial charge >= 0.3 is 0 Å². The second-order valence-corrected chi connectivity index (χ2v) is 5.18. The number of anilines is 1. The van der Waals surface area contributed by atoms with E-state index in [1.54, 1.807) is 18.2 Å². The molecule has 0 amide bonds. The fourth-order valence-electron chi connectivity index (χ4n) is 1.75. The first-order chi connectivity index (χ1) is 9.60. The summed E-state index contributed by atoms with van der Waals surface area (Å²) >= 11 is 1.21. The zero-order valence-electron chi connectivity index (χ0n) is 11.0. The van der Waals surface area contributed by atoms with Crippen LogP contribution in [0.25, 0.3) is 0 Å². The zero-order valence-corrected chi connectivity index (χ0v) is 11.8. The van der Waals surface area contributed by atoms with Crippen LogP contribution in [-0.4, -0.2) is 6.61 Å². The Hall–Kier alpha value is -1.75. The first-order valence-corrected chi connectivity index (χ1v) is 7.17. The highest BCUT2D eigenvalue weighted by Crippen LogP contribution is 2.31. The maximum atomic E-state index is 13.6. The fourth-order valence-corrected chi connectivity index (χ4v) is 2.69. The summed E-state index contributed by atoms with van der Waals surface area (Å²) in [7, 11) is 0. The molecule has 0 spiro atoms. The van der Waals surface area contributed by atoms with Crippen molar-refractivity contribution in [2.24, 2.45) is 0 Å². The van der Waals surface area contributed by atoms with Gasteiger partial charge in [-0.3, -0.25) is 0 Å². The Kier molecular flexibility index (Phi) is 4.84. The predicted molar refractivity (Wildman–Crippen MR) is 77.9 cm³/mol. The Morgan fingerprint density at radius 1 is 1.15 bits per heavy atom. The van der Waals surface area contributed by atoms with Crippen molar-refractivity contribution in [2.75, 3.05) is 12.3 Å². The highest BCUT2D eigenvalue weighted by Gasteiger charge is 2.08. The molecule has 0 aliphatic heterocycles. The maximum Gasteiger partial charge on any atom is 0.136 e. The lowest BCUT2D eigenvalue weighted by Gasteiger charge is -2.11. The molecule has 0 saturated carbocycles. The minimum Gasteiger partial charge on any atom is -0.494 e. The molecular formula is C15H15F2NOS. The van der Waals surface area contributed by atoms with Crippen molar-refractivity contribution in [3.63, 3.8) is 0 Å². The summed E-state index contributed by atoms with van der Waals surface area (Å²) in [5.41, 5.74) is 7.22. The lowest BCUT2D eigenvalue weighted by Crippen LogP contribution is -1.97. The molecule has 2 aromatic carbocycles. The number of rotatable bonds is 5. The quantitative estimate of drug-likeness (QED) is 0.662. The topological polar surface area (TPSA) is 35.2 Å². The normalized spacial score (nSPS) is 10.6. The summed E-state index contributed by atoms with van der Waals surface area (Å²) in [4.78, 5) is 0.273. The van der Waals surface area contributed by atoms with Gasteiger partial charge in [0.1, 0.15) is 17.4 Å². The Balaban J connectivity index is 2.17. The van der Waals surface area contributed by atoms with Crippen LogP contribution in [0.4, 0.5) is 14.5 Å². The van der Waals surface area contributed by atoms with E-state index in [1.165, 1.54) is 17.8 Å². The average Bonchev–Trinajstić information content (AvgIpc) is 2.42. The number of nitrogens with two attached hydrogens (primary N) is 1. The van der Waals surface area contributed by atoms with E-state index in [0.29, 0.717) is 23.8 Å². The molecule has 0 fully saturated rings. The summed E-state index contributed by atoms with van der Waals surface area (Å²) in [5, 5.41) is 0. The van der Waals surface area contributed by atoms with Crippen molar-refractivity contribution in [2.45, 2.75) is 17.6 Å². The molecule has 2 N–H and O–H groups in total. The molecule has 0 heterocycles. The van der Waals surface area contributed by atoms with E-state index in [4.69, 9.17) is 10.5 Å². The molecule has 0 radical (unpaired) electrons. The van der Waals surface area contributed by atoms with E-state index in [2.05, 4.69) is 0 Å². The van der Waals surface area contributed by atoms with Crippen molar-refractivity contribution in [3.05, 3.63) is 53.6 Å². The molecule has 0 saturated heterocycles. The summed E-state index contributed by atoms with van der Waals surface area (Å²) in [6.07, 6.45) is 0. The van der Waals surface area contributed by atoms with Crippen molar-refractivity contribution >= 4 is 17.4 Å². The molecule has 2 aromatic rings. The largest absolute Gasteiger partial charge is 0.494 e. The molecule has 0 aliphatic carbocycles. The van der Waals surface area contributed by atoms with Crippen molar-refractivity contribution in [1.29, 1.82) is 0 Å². The zero-order chi connectivity index (χ0) is 14.5. The van der Waals surface area contributed by atoms with Gasteiger partial charge in [0.05, 0.1) is 6.61 Å². The highest BCUT2D eigenvalue weighted by molar-refractivity contribution is 7.98. The lowest BCUT2D eigenvalue weighted by molar-refractivity contribution is 0.337. The molecule has 0 unspecified atom stereocenters. The van der Waals surface area contributed by atoms with Gasteiger partial charge in [-0.25, -0.2) is 8.78 Å². The van der Waals surface area contributed by atoms with Gasteiger partial charge in [0.25, 0.3) is 0 Å². The predicted octanol–water partition coefficient (Wildman–Crippen LogP) is 4.24. The highest BCUT2D eigenvalue weighted by atomic mass is 32.2. The first-order valence-electron chi connectivity index (χ1n) is 6.19. The van der Waals surface area contributed by atoms with Crippen LogP contribution >= 0.6 is 11.8 Å². The van der Waals surface area contributed by atoms with Gasteiger partial charge in [-0.05, 0) is 43.3 Å². The van der Waals surface area contributed by atoms with Crippen LogP contribution in [0.2, 0.25) is 0 Å². The van der Waals surface area contributed by atoms with Gasteiger partial charge in [0.15, 0.2) is 0 Å². The lowest BCUT2D eigenvalue weighted by atomic mass is 10.2. The van der Waals surface area contributed by atoms with Crippen LogP contribution in [0, 0.1) is 11.6 Å². The monoisotopic (exact) mass is 295 g/mol. The molecule has 0 atom stereocenters. The minimum absolute atomic E-state index is 0.273. The van der Waals surface area contributed by atoms with Crippen LogP contribution in [0.15, 0.2) is 41.3 Å². The number of halogens is 2. The van der Waals surface area contributed by atoms with E-state index in [0.717, 1.165) is 17.7 Å². The van der Waals surface area contributed by atoms with Crippen molar-refractivity contribution < 1.29 is 13.5 Å². The Morgan fingerprint density at radius 3 is 2.70 bits per heavy atom. The molecule has 0 bridgehead atoms. The maximum absolute atomic E-state index is 13.6. The van der Waals surface area contributed by atoms with Crippen LogP contribution in [-0.2, 0) is 5.75 Å². The molecule has 5 heteroatoms. The summed E-state index contributed by atoms with van der Waals surface area (Å²) in [6, 6.07) is 8.74. The fraction of sp³-hybridized carbons (Fsp3) is 0.200. The van der Waals surface area contributed by atoms with E-state index in [-0.39, 0.29) is 4.90 Å². The molecule has 20 heavy (non-hydrogen) atoms. The first kappa shape index (κ1) is 14.7. The average molecular weight is 295 g/mol. The number of hydrogen-bond acceptors (Lipinski definition) is 3. The van der Waals surface area contributed by atoms with E-state index in [1.807, 2.05) is 6.92 Å². The van der Waals surface area contributed by atoms with Gasteiger partial charge in [0, 0.05) is 21.9 Å². The number of nitrogen functional groups attached to an aromatic ring is 1. The van der Waals surface area contributed by atoms with Gasteiger partial charge in [-0.15, -0.1) is 11.8 Å². The SMILES string of the molecule is CCOc1ccc(N)cc1CSc1cc(F)ccc1F. The van der Waals surface area contributed by atoms with E-state index >= 15 is 0 Å². The molecular weight excluding hydrogens is 280 g/mol. The Morgan fingerprint density at radius 2 is 1.95 bits per heavy atom. The number of hydrogen-bond donors (Lipinski definition) is 1. The number of benzene rings is 2. The smallest absolute Gasteiger partial charge is 0.136 e. The molecule has 0 aromatic heterocycles. The van der Waals surface area contributed by atoms with Crippen LogP contribution in [0.1, 0.15) is 12.5 Å². The van der Waals surface area contributed by atoms with Crippen LogP contribution in [0.5, 0.6) is 5.75 Å². The minimum atomic E-state index is -0.452. The third kappa shape index (κ3) is 3.63. The van der Waals surface area contributed by atoms with Crippen molar-refractivity contribution in [3.8, 4) is 5.75 Å². The van der Waals surface area contributed by atoms with Crippen molar-refractivity contribution in [1.82, 2.24) is 0 Å². The molecule has 0 aliphatic rings. The number of ether oxygens (including phenoxy) is 1. The summed E-state index contributed by atoms with van der Waals surface area (Å²) < 4.78 is 32.2. The number of thioether (sulfide) groups is 1. The Bertz CT molecular complexity index is 604. The van der Waals surface area contributed by atoms with Gasteiger partial charge in [-0.1, -0.05) is 0 Å². The molecule has 2 nitrogen and oxygen atoms in total. The Labute approximate surface area is 120 Å². The van der Waals surface area contributed by atoms with Gasteiger partial charge in [0.2, 0.25) is 0 Å². The molecule has 106 valence electrons. The van der Waals surface area contributed by atoms with Gasteiger partial charge < -0.3 is 10.5 Å². The summed E-state index contributed by atoms with van der Waals surface area (Å²) in [5.74, 6) is 0.289. The summed E-state index contributed by atoms with van der Waals surface area (Å²) in [6.45, 7) is 2.43. The third-order valence-electron chi connectivity index (χ3n) is 2.66. The van der Waals surface area contributed by atoms with Crippen LogP contribution in [0.3, 0.4) is 0 Å². The third-order valence-corrected chi connectivity index (χ3v) is 3.74. The second-order valence-electron chi connectivity index (χ2n) is 4.16. The molecule has 2 rings (SSSR count). The van der Waals surface area contributed by atoms with Crippen LogP contribution < -0.4 is 10.5 Å².